The van der Waals surface area contributed by atoms with Crippen molar-refractivity contribution in [3.8, 4) is 0 Å². The fourth-order valence-electron chi connectivity index (χ4n) is 2.37. The molecule has 2 rings (SSSR count). The lowest BCUT2D eigenvalue weighted by Crippen LogP contribution is -2.37. The van der Waals surface area contributed by atoms with Crippen molar-refractivity contribution in [2.24, 2.45) is 0 Å². The van der Waals surface area contributed by atoms with Gasteiger partial charge in [-0.05, 0) is 24.4 Å². The van der Waals surface area contributed by atoms with Crippen LogP contribution in [0.4, 0.5) is 10.8 Å². The first-order valence-electron chi connectivity index (χ1n) is 6.95. The number of aliphatic hydroxyl groups excluding tert-OH is 1. The topological polar surface area (TPSA) is 106 Å². The summed E-state index contributed by atoms with van der Waals surface area (Å²) < 4.78 is 33.8. The second kappa shape index (κ2) is 6.91. The van der Waals surface area contributed by atoms with Crippen molar-refractivity contribution in [1.29, 1.82) is 0 Å². The van der Waals surface area contributed by atoms with Crippen LogP contribution in [0.15, 0.2) is 4.90 Å². The molecule has 0 unspecified atom stereocenters. The predicted octanol–water partition coefficient (Wildman–Crippen LogP) is 0.497. The molecular weight excluding hydrogens is 314 g/mol. The van der Waals surface area contributed by atoms with Gasteiger partial charge >= 0.3 is 0 Å². The quantitative estimate of drug-likeness (QED) is 0.779. The number of ether oxygens (including phenoxy) is 1. The molecule has 7 nitrogen and oxygen atoms in total. The van der Waals surface area contributed by atoms with Crippen LogP contribution >= 0.6 is 11.5 Å². The first-order chi connectivity index (χ1) is 9.99. The molecule has 1 aromatic heterocycles. The first-order valence-corrected chi connectivity index (χ1v) is 9.37. The van der Waals surface area contributed by atoms with Crippen LogP contribution in [0.1, 0.15) is 19.8 Å². The van der Waals surface area contributed by atoms with Gasteiger partial charge in [0.2, 0.25) is 0 Å². The molecule has 1 aliphatic heterocycles. The van der Waals surface area contributed by atoms with E-state index in [1.165, 1.54) is 0 Å². The summed E-state index contributed by atoms with van der Waals surface area (Å²) in [4.78, 5) is 2.18. The summed E-state index contributed by atoms with van der Waals surface area (Å²) in [6.45, 7) is 3.36. The van der Waals surface area contributed by atoms with Gasteiger partial charge in [0.25, 0.3) is 0 Å². The van der Waals surface area contributed by atoms with Gasteiger partial charge in [0, 0.05) is 13.1 Å². The lowest BCUT2D eigenvalue weighted by atomic mass is 10.1. The molecular formula is C12H21N3O4S2. The number of aromatic nitrogens is 1. The molecule has 0 aliphatic carbocycles. The Morgan fingerprint density at radius 2 is 2.14 bits per heavy atom. The highest BCUT2D eigenvalue weighted by Crippen LogP contribution is 2.36. The van der Waals surface area contributed by atoms with Crippen molar-refractivity contribution < 1.29 is 18.3 Å². The molecule has 0 saturated carbocycles. The van der Waals surface area contributed by atoms with E-state index in [4.69, 9.17) is 15.6 Å². The lowest BCUT2D eigenvalue weighted by molar-refractivity contribution is 0.0159. The highest BCUT2D eigenvalue weighted by atomic mass is 32.2. The second-order valence-electron chi connectivity index (χ2n) is 4.89. The van der Waals surface area contributed by atoms with E-state index in [1.54, 1.807) is 6.92 Å². The number of nitrogens with zero attached hydrogens (tertiary/aromatic N) is 2. The maximum Gasteiger partial charge on any atom is 0.184 e. The van der Waals surface area contributed by atoms with Gasteiger partial charge in [-0.15, -0.1) is 0 Å². The van der Waals surface area contributed by atoms with E-state index in [2.05, 4.69) is 4.37 Å². The lowest BCUT2D eigenvalue weighted by Gasteiger charge is -2.32. The number of aliphatic hydroxyl groups is 1. The minimum Gasteiger partial charge on any atom is -0.394 e. The van der Waals surface area contributed by atoms with Crippen LogP contribution in [-0.2, 0) is 14.6 Å². The van der Waals surface area contributed by atoms with E-state index in [1.807, 2.05) is 4.90 Å². The summed E-state index contributed by atoms with van der Waals surface area (Å²) >= 11 is 1.13. The number of nitrogens with two attached hydrogens (primary N) is 1. The molecule has 0 bridgehead atoms. The fourth-order valence-corrected chi connectivity index (χ4v) is 4.73. The highest BCUT2D eigenvalue weighted by Gasteiger charge is 2.29. The number of hydrogen-bond acceptors (Lipinski definition) is 8. The Balaban J connectivity index is 2.11. The molecule has 2 heterocycles. The Kier molecular flexibility index (Phi) is 5.42. The maximum absolute atomic E-state index is 12.2. The molecule has 21 heavy (non-hydrogen) atoms. The molecule has 1 saturated heterocycles. The van der Waals surface area contributed by atoms with E-state index < -0.39 is 9.84 Å². The molecule has 1 aromatic rings. The van der Waals surface area contributed by atoms with E-state index >= 15 is 0 Å². The van der Waals surface area contributed by atoms with Crippen LogP contribution < -0.4 is 10.6 Å². The molecule has 0 atom stereocenters. The summed E-state index contributed by atoms with van der Waals surface area (Å²) in [5.74, 6) is 0.106. The smallest absolute Gasteiger partial charge is 0.184 e. The third-order valence-corrected chi connectivity index (χ3v) is 6.36. The summed E-state index contributed by atoms with van der Waals surface area (Å²) in [6, 6.07) is 0. The zero-order valence-corrected chi connectivity index (χ0v) is 13.6. The number of nitrogen functional groups attached to an aromatic ring is 1. The normalized spacial score (nSPS) is 17.3. The number of sulfone groups is 1. The minimum absolute atomic E-state index is 0.0126. The van der Waals surface area contributed by atoms with E-state index in [0.717, 1.165) is 24.4 Å². The molecule has 120 valence electrons. The Labute approximate surface area is 128 Å². The predicted molar refractivity (Wildman–Crippen MR) is 82.5 cm³/mol. The van der Waals surface area contributed by atoms with Crippen LogP contribution in [0.3, 0.4) is 0 Å². The fraction of sp³-hybridized carbons (Fsp3) is 0.750. The van der Waals surface area contributed by atoms with Gasteiger partial charge in [-0.2, -0.15) is 4.37 Å². The van der Waals surface area contributed by atoms with E-state index in [-0.39, 0.29) is 29.2 Å². The zero-order valence-electron chi connectivity index (χ0n) is 12.0. The molecule has 9 heteroatoms. The molecule has 0 spiro atoms. The Bertz CT molecular complexity index is 565. The van der Waals surface area contributed by atoms with Gasteiger partial charge in [-0.1, -0.05) is 6.92 Å². The van der Waals surface area contributed by atoms with Crippen molar-refractivity contribution in [3.63, 3.8) is 0 Å². The second-order valence-corrected chi connectivity index (χ2v) is 7.85. The third kappa shape index (κ3) is 3.65. The van der Waals surface area contributed by atoms with Crippen molar-refractivity contribution >= 4 is 32.2 Å². The van der Waals surface area contributed by atoms with E-state index in [0.29, 0.717) is 24.7 Å². The summed E-state index contributed by atoms with van der Waals surface area (Å²) in [5.41, 5.74) is 5.74. The van der Waals surface area contributed by atoms with Crippen LogP contribution in [0.25, 0.3) is 0 Å². The van der Waals surface area contributed by atoms with Gasteiger partial charge in [-0.3, -0.25) is 0 Å². The SMILES string of the molecule is CCS(=O)(=O)c1c(N)nsc1N1CCC(OCCO)CC1. The van der Waals surface area contributed by atoms with Gasteiger partial charge < -0.3 is 20.5 Å². The molecule has 0 radical (unpaired) electrons. The van der Waals surface area contributed by atoms with Crippen LogP contribution in [0.5, 0.6) is 0 Å². The largest absolute Gasteiger partial charge is 0.394 e. The Morgan fingerprint density at radius 3 is 2.71 bits per heavy atom. The summed E-state index contributed by atoms with van der Waals surface area (Å²) in [6.07, 6.45) is 1.71. The van der Waals surface area contributed by atoms with Crippen molar-refractivity contribution in [2.75, 3.05) is 42.7 Å². The van der Waals surface area contributed by atoms with Gasteiger partial charge in [0.05, 0.1) is 25.1 Å². The van der Waals surface area contributed by atoms with Crippen molar-refractivity contribution in [1.82, 2.24) is 4.37 Å². The number of piperidine rings is 1. The van der Waals surface area contributed by atoms with Crippen LogP contribution in [0, 0.1) is 0 Å². The average molecular weight is 335 g/mol. The van der Waals surface area contributed by atoms with Gasteiger partial charge in [0.1, 0.15) is 9.90 Å². The van der Waals surface area contributed by atoms with Crippen LogP contribution in [0.2, 0.25) is 0 Å². The minimum atomic E-state index is -3.38. The highest BCUT2D eigenvalue weighted by molar-refractivity contribution is 7.91. The Morgan fingerprint density at radius 1 is 1.48 bits per heavy atom. The zero-order chi connectivity index (χ0) is 15.5. The average Bonchev–Trinajstić information content (AvgIpc) is 2.88. The number of hydrogen-bond donors (Lipinski definition) is 2. The standard InChI is InChI=1S/C12H21N3O4S2/c1-2-21(17,18)10-11(13)14-20-12(10)15-5-3-9(4-6-15)19-8-7-16/h9,16H,2-8H2,1H3,(H2,13,14). The van der Waals surface area contributed by atoms with Crippen molar-refractivity contribution in [3.05, 3.63) is 0 Å². The Hall–Kier alpha value is -0.900. The number of anilines is 2. The van der Waals surface area contributed by atoms with Gasteiger partial charge in [0.15, 0.2) is 15.7 Å². The van der Waals surface area contributed by atoms with Gasteiger partial charge in [-0.25, -0.2) is 8.42 Å². The maximum atomic E-state index is 12.2. The number of rotatable bonds is 6. The third-order valence-electron chi connectivity index (χ3n) is 3.52. The van der Waals surface area contributed by atoms with E-state index in [9.17, 15) is 8.42 Å². The van der Waals surface area contributed by atoms with Crippen LogP contribution in [-0.4, -0.2) is 56.1 Å². The molecule has 1 fully saturated rings. The molecule has 0 aromatic carbocycles. The molecule has 0 amide bonds. The molecule has 1 aliphatic rings. The summed E-state index contributed by atoms with van der Waals surface area (Å²) in [7, 11) is -3.38. The molecule has 3 N–H and O–H groups in total. The monoisotopic (exact) mass is 335 g/mol. The first kappa shape index (κ1) is 16.5. The van der Waals surface area contributed by atoms with Crippen molar-refractivity contribution in [2.45, 2.75) is 30.8 Å². The summed E-state index contributed by atoms with van der Waals surface area (Å²) in [5, 5.41) is 9.39.